The molecule has 8 nitrogen and oxygen atoms in total. The normalized spacial score (nSPS) is 15.4. The zero-order valence-electron chi connectivity index (χ0n) is 17.5. The Hall–Kier alpha value is -2.99. The van der Waals surface area contributed by atoms with Crippen LogP contribution in [-0.2, 0) is 33.8 Å². The zero-order chi connectivity index (χ0) is 23.9. The van der Waals surface area contributed by atoms with Gasteiger partial charge in [0.1, 0.15) is 18.5 Å². The van der Waals surface area contributed by atoms with Gasteiger partial charge in [-0.1, -0.05) is 12.1 Å². The van der Waals surface area contributed by atoms with Gasteiger partial charge in [-0.2, -0.15) is 18.3 Å². The maximum absolute atomic E-state index is 12.9. The van der Waals surface area contributed by atoms with Gasteiger partial charge in [0.15, 0.2) is 0 Å². The number of alkyl halides is 3. The lowest BCUT2D eigenvalue weighted by Gasteiger charge is -2.22. The first-order valence-corrected chi connectivity index (χ1v) is 9.60. The number of halogens is 4. The van der Waals surface area contributed by atoms with Gasteiger partial charge in [0.2, 0.25) is 5.91 Å². The van der Waals surface area contributed by atoms with Gasteiger partial charge < -0.3 is 20.1 Å². The summed E-state index contributed by atoms with van der Waals surface area (Å²) in [7, 11) is 3.47. The van der Waals surface area contributed by atoms with Gasteiger partial charge in [-0.15, -0.1) is 0 Å². The van der Waals surface area contributed by atoms with Crippen LogP contribution in [0.25, 0.3) is 0 Å². The summed E-state index contributed by atoms with van der Waals surface area (Å²) in [6.07, 6.45) is -2.48. The van der Waals surface area contributed by atoms with E-state index in [9.17, 15) is 22.4 Å². The highest BCUT2D eigenvalue weighted by atomic mass is 19.4. The van der Waals surface area contributed by atoms with E-state index in [1.54, 1.807) is 35.8 Å². The highest BCUT2D eigenvalue weighted by Gasteiger charge is 2.38. The van der Waals surface area contributed by atoms with E-state index in [2.05, 4.69) is 10.4 Å². The Morgan fingerprint density at radius 2 is 1.91 bits per heavy atom. The summed E-state index contributed by atoms with van der Waals surface area (Å²) in [5.74, 6) is -2.99. The molecule has 0 bridgehead atoms. The number of aliphatic carboxylic acids is 1. The number of fused-ring (bicyclic) bond motifs is 1. The van der Waals surface area contributed by atoms with Crippen LogP contribution in [0.5, 0.6) is 0 Å². The predicted octanol–water partition coefficient (Wildman–Crippen LogP) is 2.15. The minimum absolute atomic E-state index is 0.00625. The number of carbonyl (C=O) groups excluding carboxylic acids is 1. The quantitative estimate of drug-likeness (QED) is 0.642. The standard InChI is InChI=1S/C18H23FN4O2.C2HF3O2/c1-22(2)17(24)12-23-11-14-7-8-25-16(18(14)21-23)10-20-9-13-3-5-15(19)6-4-13;3-2(4,5)1(6)7/h3-6,11,16,20H,7-10,12H2,1-2H3;(H,6,7). The van der Waals surface area contributed by atoms with Gasteiger partial charge in [-0.3, -0.25) is 9.48 Å². The van der Waals surface area contributed by atoms with Gasteiger partial charge >= 0.3 is 12.1 Å². The maximum atomic E-state index is 12.9. The number of likely N-dealkylation sites (N-methyl/N-ethyl adjacent to an activating group) is 1. The van der Waals surface area contributed by atoms with Crippen LogP contribution in [0.4, 0.5) is 17.6 Å². The molecule has 0 saturated carbocycles. The average Bonchev–Trinajstić information content (AvgIpc) is 3.12. The topological polar surface area (TPSA) is 96.7 Å². The Kier molecular flexibility index (Phi) is 8.72. The molecule has 2 heterocycles. The fourth-order valence-electron chi connectivity index (χ4n) is 2.80. The first-order valence-electron chi connectivity index (χ1n) is 9.60. The van der Waals surface area contributed by atoms with Crippen LogP contribution in [-0.4, -0.2) is 65.1 Å². The molecule has 0 radical (unpaired) electrons. The molecule has 0 fully saturated rings. The van der Waals surface area contributed by atoms with Crippen LogP contribution in [0, 0.1) is 5.82 Å². The number of carboxylic acids is 1. The van der Waals surface area contributed by atoms with Crippen molar-refractivity contribution in [1.29, 1.82) is 0 Å². The summed E-state index contributed by atoms with van der Waals surface area (Å²) >= 11 is 0. The first kappa shape index (κ1) is 25.3. The average molecular weight is 460 g/mol. The number of carbonyl (C=O) groups is 2. The highest BCUT2D eigenvalue weighted by Crippen LogP contribution is 2.25. The Balaban J connectivity index is 0.000000451. The van der Waals surface area contributed by atoms with E-state index in [0.717, 1.165) is 23.2 Å². The van der Waals surface area contributed by atoms with E-state index in [4.69, 9.17) is 14.6 Å². The number of nitrogens with one attached hydrogen (secondary N) is 1. The summed E-state index contributed by atoms with van der Waals surface area (Å²) in [5, 5.41) is 15.0. The van der Waals surface area contributed by atoms with Gasteiger partial charge in [0.25, 0.3) is 0 Å². The van der Waals surface area contributed by atoms with Crippen molar-refractivity contribution >= 4 is 11.9 Å². The molecule has 0 spiro atoms. The van der Waals surface area contributed by atoms with Crippen LogP contribution in [0.2, 0.25) is 0 Å². The molecule has 1 aromatic heterocycles. The first-order chi connectivity index (χ1) is 15.0. The number of benzene rings is 1. The molecular weight excluding hydrogens is 436 g/mol. The molecule has 2 aromatic rings. The monoisotopic (exact) mass is 460 g/mol. The largest absolute Gasteiger partial charge is 0.490 e. The lowest BCUT2D eigenvalue weighted by molar-refractivity contribution is -0.192. The fraction of sp³-hybridized carbons (Fsp3) is 0.450. The van der Waals surface area contributed by atoms with Gasteiger partial charge in [-0.25, -0.2) is 9.18 Å². The molecule has 32 heavy (non-hydrogen) atoms. The van der Waals surface area contributed by atoms with Gasteiger partial charge in [-0.05, 0) is 29.7 Å². The molecule has 12 heteroatoms. The molecule has 0 aliphatic carbocycles. The lowest BCUT2D eigenvalue weighted by Crippen LogP contribution is -2.28. The summed E-state index contributed by atoms with van der Waals surface area (Å²) in [6, 6.07) is 6.43. The number of carboxylic acid groups (broad SMARTS) is 1. The molecule has 3 rings (SSSR count). The lowest BCUT2D eigenvalue weighted by atomic mass is 10.1. The third-order valence-electron chi connectivity index (χ3n) is 4.48. The van der Waals surface area contributed by atoms with Crippen molar-refractivity contribution in [2.24, 2.45) is 0 Å². The molecule has 1 aromatic carbocycles. The summed E-state index contributed by atoms with van der Waals surface area (Å²) < 4.78 is 52.2. The molecule has 1 aliphatic heterocycles. The third-order valence-corrected chi connectivity index (χ3v) is 4.48. The molecule has 0 saturated heterocycles. The Bertz CT molecular complexity index is 913. The highest BCUT2D eigenvalue weighted by molar-refractivity contribution is 5.75. The Morgan fingerprint density at radius 3 is 2.47 bits per heavy atom. The Labute approximate surface area is 181 Å². The molecule has 1 atom stereocenters. The van der Waals surface area contributed by atoms with Crippen molar-refractivity contribution in [1.82, 2.24) is 20.0 Å². The molecule has 1 amide bonds. The SMILES string of the molecule is CN(C)C(=O)Cn1cc2c(n1)C(CNCc1ccc(F)cc1)OCC2.O=C(O)C(F)(F)F. The number of ether oxygens (including phenoxy) is 1. The van der Waals surface area contributed by atoms with E-state index in [1.807, 2.05) is 6.20 Å². The van der Waals surface area contributed by atoms with Crippen LogP contribution in [0.1, 0.15) is 22.9 Å². The van der Waals surface area contributed by atoms with Crippen molar-refractivity contribution < 1.29 is 37.0 Å². The second kappa shape index (κ2) is 11.0. The van der Waals surface area contributed by atoms with Gasteiger partial charge in [0.05, 0.1) is 12.3 Å². The van der Waals surface area contributed by atoms with E-state index in [0.29, 0.717) is 19.7 Å². The van der Waals surface area contributed by atoms with Gasteiger partial charge in [0, 0.05) is 33.4 Å². The third kappa shape index (κ3) is 7.61. The molecule has 2 N–H and O–H groups in total. The predicted molar refractivity (Wildman–Crippen MR) is 105 cm³/mol. The molecule has 1 aliphatic rings. The second-order valence-corrected chi connectivity index (χ2v) is 7.20. The zero-order valence-corrected chi connectivity index (χ0v) is 17.5. The smallest absolute Gasteiger partial charge is 0.475 e. The summed E-state index contributed by atoms with van der Waals surface area (Å²) in [5.41, 5.74) is 3.04. The van der Waals surface area contributed by atoms with Crippen molar-refractivity contribution in [3.8, 4) is 0 Å². The van der Waals surface area contributed by atoms with Crippen LogP contribution in [0.15, 0.2) is 30.5 Å². The van der Waals surface area contributed by atoms with Crippen LogP contribution < -0.4 is 5.32 Å². The second-order valence-electron chi connectivity index (χ2n) is 7.20. The molecular formula is C20H24F4N4O4. The van der Waals surface area contributed by atoms with Crippen LogP contribution >= 0.6 is 0 Å². The van der Waals surface area contributed by atoms with Crippen molar-refractivity contribution in [2.45, 2.75) is 31.8 Å². The number of hydrogen-bond donors (Lipinski definition) is 2. The van der Waals surface area contributed by atoms with Crippen molar-refractivity contribution in [2.75, 3.05) is 27.2 Å². The van der Waals surface area contributed by atoms with E-state index >= 15 is 0 Å². The molecule has 176 valence electrons. The Morgan fingerprint density at radius 1 is 1.28 bits per heavy atom. The fourth-order valence-corrected chi connectivity index (χ4v) is 2.80. The molecule has 1 unspecified atom stereocenters. The van der Waals surface area contributed by atoms with Crippen molar-refractivity contribution in [3.63, 3.8) is 0 Å². The minimum atomic E-state index is -5.08. The van der Waals surface area contributed by atoms with E-state index < -0.39 is 12.1 Å². The number of nitrogens with zero attached hydrogens (tertiary/aromatic N) is 3. The van der Waals surface area contributed by atoms with E-state index in [-0.39, 0.29) is 24.4 Å². The van der Waals surface area contributed by atoms with Crippen LogP contribution in [0.3, 0.4) is 0 Å². The van der Waals surface area contributed by atoms with Crippen molar-refractivity contribution in [3.05, 3.63) is 53.1 Å². The maximum Gasteiger partial charge on any atom is 0.490 e. The van der Waals surface area contributed by atoms with E-state index in [1.165, 1.54) is 12.1 Å². The minimum Gasteiger partial charge on any atom is -0.475 e. The number of rotatable bonds is 6. The summed E-state index contributed by atoms with van der Waals surface area (Å²) in [4.78, 5) is 22.3. The summed E-state index contributed by atoms with van der Waals surface area (Å²) in [6.45, 7) is 2.12. The number of aromatic nitrogens is 2. The number of amides is 1. The number of hydrogen-bond acceptors (Lipinski definition) is 5.